The Kier molecular flexibility index (Phi) is 8.08. The highest BCUT2D eigenvalue weighted by molar-refractivity contribution is 7.28. The number of rotatable bonds is 8. The topological polar surface area (TPSA) is 101 Å². The lowest BCUT2D eigenvalue weighted by Gasteiger charge is -2.19. The number of hydrogen-bond acceptors (Lipinski definition) is 9. The Bertz CT molecular complexity index is 2130. The molecule has 5 nitrogen and oxygen atoms in total. The Morgan fingerprint density at radius 1 is 0.457 bits per heavy atom. The number of hydrogen-bond donors (Lipinski definition) is 3. The van der Waals surface area contributed by atoms with Crippen molar-refractivity contribution in [3.63, 3.8) is 0 Å². The molecule has 6 aromatic heterocycles. The van der Waals surface area contributed by atoms with Gasteiger partial charge in [0, 0.05) is 64.8 Å². The van der Waals surface area contributed by atoms with Crippen LogP contribution in [0.4, 0.5) is 5.00 Å². The van der Waals surface area contributed by atoms with Gasteiger partial charge in [-0.2, -0.15) is 0 Å². The van der Waals surface area contributed by atoms with Crippen LogP contribution in [0.3, 0.4) is 0 Å². The molecule has 0 spiro atoms. The molecule has 7 aromatic rings. The molecule has 0 aliphatic rings. The number of nitrogen functional groups attached to an aromatic ring is 1. The minimum absolute atomic E-state index is 0.133. The SMILES string of the molecule is Cc1ccc(-c2ccc(-c3ccc(-c4c(C)c(C(=O)O)c(-c5ccc(-c6ccc(-c7ccc(N)s7)s6)s5)c(C)c4C(=O)O)s3)s2)s1. The monoisotopic (exact) mass is 715 g/mol. The lowest BCUT2D eigenvalue weighted by Crippen LogP contribution is -2.12. The van der Waals surface area contributed by atoms with Crippen molar-refractivity contribution in [3.05, 3.63) is 99.9 Å². The first-order chi connectivity index (χ1) is 22.1. The van der Waals surface area contributed by atoms with Crippen molar-refractivity contribution in [2.24, 2.45) is 0 Å². The molecule has 0 unspecified atom stereocenters. The number of anilines is 1. The highest BCUT2D eigenvalue weighted by Gasteiger charge is 2.29. The quantitative estimate of drug-likeness (QED) is 0.145. The van der Waals surface area contributed by atoms with E-state index in [1.54, 1.807) is 47.9 Å². The molecule has 1 aromatic carbocycles. The van der Waals surface area contributed by atoms with E-state index in [0.717, 1.165) is 44.0 Å². The Morgan fingerprint density at radius 3 is 1.09 bits per heavy atom. The smallest absolute Gasteiger partial charge is 0.336 e. The maximum absolute atomic E-state index is 12.9. The molecular formula is C35H25NO4S6. The number of aryl methyl sites for hydroxylation is 1. The molecule has 11 heteroatoms. The molecule has 6 heterocycles. The number of carboxylic acids is 2. The molecule has 230 valence electrons. The number of thiophene rings is 6. The van der Waals surface area contributed by atoms with Crippen LogP contribution < -0.4 is 5.73 Å². The molecule has 7 rings (SSSR count). The number of aromatic carboxylic acids is 2. The number of nitrogens with two attached hydrogens (primary N) is 1. The maximum Gasteiger partial charge on any atom is 0.336 e. The van der Waals surface area contributed by atoms with E-state index in [2.05, 4.69) is 43.3 Å². The van der Waals surface area contributed by atoms with E-state index in [-0.39, 0.29) is 11.1 Å². The molecule has 0 aliphatic heterocycles. The van der Waals surface area contributed by atoms with Crippen LogP contribution in [-0.4, -0.2) is 22.2 Å². The molecular weight excluding hydrogens is 691 g/mol. The fourth-order valence-corrected chi connectivity index (χ4v) is 11.9. The zero-order valence-corrected chi connectivity index (χ0v) is 29.6. The summed E-state index contributed by atoms with van der Waals surface area (Å²) in [6.45, 7) is 5.54. The molecule has 4 N–H and O–H groups in total. The van der Waals surface area contributed by atoms with Crippen LogP contribution in [0.1, 0.15) is 36.7 Å². The Morgan fingerprint density at radius 2 is 0.761 bits per heavy atom. The van der Waals surface area contributed by atoms with Gasteiger partial charge in [-0.15, -0.1) is 68.0 Å². The fourth-order valence-electron chi connectivity index (χ4n) is 5.62. The largest absolute Gasteiger partial charge is 0.478 e. The summed E-state index contributed by atoms with van der Waals surface area (Å²) in [6, 6.07) is 24.3. The Hall–Kier alpha value is -3.84. The predicted octanol–water partition coefficient (Wildman–Crippen LogP) is 12.0. The third kappa shape index (κ3) is 5.46. The van der Waals surface area contributed by atoms with Gasteiger partial charge >= 0.3 is 11.9 Å². The van der Waals surface area contributed by atoms with Crippen LogP contribution in [0.2, 0.25) is 0 Å². The second-order valence-electron chi connectivity index (χ2n) is 10.6. The molecule has 0 bridgehead atoms. The van der Waals surface area contributed by atoms with Gasteiger partial charge in [0.1, 0.15) is 0 Å². The second-order valence-corrected chi connectivity index (χ2v) is 17.4. The van der Waals surface area contributed by atoms with E-state index in [9.17, 15) is 19.8 Å². The van der Waals surface area contributed by atoms with Gasteiger partial charge in [0.25, 0.3) is 0 Å². The summed E-state index contributed by atoms with van der Waals surface area (Å²) in [5.74, 6) is -2.16. The fraction of sp³-hybridized carbons (Fsp3) is 0.0857. The molecule has 0 atom stereocenters. The second kappa shape index (κ2) is 12.1. The Labute approximate surface area is 289 Å². The van der Waals surface area contributed by atoms with Crippen molar-refractivity contribution in [1.29, 1.82) is 0 Å². The third-order valence-corrected chi connectivity index (χ3v) is 14.8. The lowest BCUT2D eigenvalue weighted by molar-refractivity contribution is 0.0681. The summed E-state index contributed by atoms with van der Waals surface area (Å²) in [7, 11) is 0. The normalized spacial score (nSPS) is 11.4. The van der Waals surface area contributed by atoms with Gasteiger partial charge in [0.05, 0.1) is 16.1 Å². The predicted molar refractivity (Wildman–Crippen MR) is 199 cm³/mol. The average molecular weight is 716 g/mol. The summed E-state index contributed by atoms with van der Waals surface area (Å²) in [5.41, 5.74) is 8.01. The van der Waals surface area contributed by atoms with E-state index in [4.69, 9.17) is 5.73 Å². The molecule has 0 aliphatic carbocycles. The van der Waals surface area contributed by atoms with Gasteiger partial charge in [0.2, 0.25) is 0 Å². The zero-order valence-electron chi connectivity index (χ0n) is 24.7. The average Bonchev–Trinajstić information content (AvgIpc) is 3.84. The van der Waals surface area contributed by atoms with Gasteiger partial charge in [-0.3, -0.25) is 0 Å². The summed E-state index contributed by atoms with van der Waals surface area (Å²) < 4.78 is 0. The first-order valence-electron chi connectivity index (χ1n) is 14.1. The highest BCUT2D eigenvalue weighted by Crippen LogP contribution is 2.48. The number of carbonyl (C=O) groups is 2. The lowest BCUT2D eigenvalue weighted by atomic mass is 9.86. The summed E-state index contributed by atoms with van der Waals surface area (Å²) in [5, 5.41) is 21.8. The standard InChI is InChI=1S/C35H25NO4S6/c1-16-4-5-19(41-16)20-6-7-21(42-20)23-10-12-27(44-23)30-17(2)33(35(39)40)31(18(3)32(30)34(37)38)28-13-11-24(45-28)22-8-9-25(43-22)26-14-15-29(36)46-26/h4-15H,36H2,1-3H3,(H,37,38)(H,39,40). The van der Waals surface area contributed by atoms with Gasteiger partial charge in [-0.05, 0) is 105 Å². The summed E-state index contributed by atoms with van der Waals surface area (Å²) >= 11 is 9.59. The van der Waals surface area contributed by atoms with Crippen LogP contribution in [0.5, 0.6) is 0 Å². The number of benzene rings is 1. The van der Waals surface area contributed by atoms with Crippen LogP contribution in [0.25, 0.3) is 59.9 Å². The molecule has 0 amide bonds. The molecule has 0 saturated carbocycles. The minimum atomic E-state index is -1.08. The van der Waals surface area contributed by atoms with Crippen molar-refractivity contribution in [1.82, 2.24) is 0 Å². The van der Waals surface area contributed by atoms with Gasteiger partial charge < -0.3 is 15.9 Å². The van der Waals surface area contributed by atoms with E-state index in [1.807, 2.05) is 36.4 Å². The first kappa shape index (κ1) is 30.8. The molecule has 46 heavy (non-hydrogen) atoms. The van der Waals surface area contributed by atoms with Gasteiger partial charge in [-0.1, -0.05) is 0 Å². The van der Waals surface area contributed by atoms with Crippen molar-refractivity contribution >= 4 is 85.0 Å². The Balaban J connectivity index is 1.30. The van der Waals surface area contributed by atoms with Crippen LogP contribution in [0, 0.1) is 20.8 Å². The third-order valence-electron chi connectivity index (χ3n) is 7.68. The zero-order chi connectivity index (χ0) is 32.3. The first-order valence-corrected chi connectivity index (χ1v) is 19.0. The van der Waals surface area contributed by atoms with Crippen molar-refractivity contribution < 1.29 is 19.8 Å². The minimum Gasteiger partial charge on any atom is -0.478 e. The van der Waals surface area contributed by atoms with Crippen LogP contribution in [-0.2, 0) is 0 Å². The molecule has 0 radical (unpaired) electrons. The molecule has 0 saturated heterocycles. The maximum atomic E-state index is 12.9. The van der Waals surface area contributed by atoms with E-state index < -0.39 is 11.9 Å². The molecule has 0 fully saturated rings. The van der Waals surface area contributed by atoms with E-state index >= 15 is 0 Å². The van der Waals surface area contributed by atoms with Gasteiger partial charge in [0.15, 0.2) is 0 Å². The van der Waals surface area contributed by atoms with Crippen LogP contribution >= 0.6 is 68.0 Å². The van der Waals surface area contributed by atoms with Crippen LogP contribution in [0.15, 0.2) is 72.8 Å². The van der Waals surface area contributed by atoms with Gasteiger partial charge in [-0.25, -0.2) is 9.59 Å². The highest BCUT2D eigenvalue weighted by atomic mass is 32.1. The summed E-state index contributed by atoms with van der Waals surface area (Å²) in [4.78, 5) is 37.2. The van der Waals surface area contributed by atoms with E-state index in [0.29, 0.717) is 22.3 Å². The van der Waals surface area contributed by atoms with Crippen molar-refractivity contribution in [2.45, 2.75) is 20.8 Å². The van der Waals surface area contributed by atoms with Crippen molar-refractivity contribution in [2.75, 3.05) is 5.73 Å². The number of carboxylic acid groups (broad SMARTS) is 2. The summed E-state index contributed by atoms with van der Waals surface area (Å²) in [6.07, 6.45) is 0. The van der Waals surface area contributed by atoms with E-state index in [1.165, 1.54) is 48.6 Å². The van der Waals surface area contributed by atoms with Crippen molar-refractivity contribution in [3.8, 4) is 59.9 Å².